The quantitative estimate of drug-likeness (QED) is 0.169. The molecule has 0 fully saturated rings. The molecule has 40 heavy (non-hydrogen) atoms. The molecule has 0 N–H and O–H groups in total. The van der Waals surface area contributed by atoms with Gasteiger partial charge in [0.05, 0.1) is 5.58 Å². The van der Waals surface area contributed by atoms with E-state index in [-0.39, 0.29) is 30.9 Å². The summed E-state index contributed by atoms with van der Waals surface area (Å²) in [6.07, 6.45) is 3.76. The fourth-order valence-electron chi connectivity index (χ4n) is 4.61. The van der Waals surface area contributed by atoms with Crippen LogP contribution in [0.4, 0.5) is 0 Å². The molecule has 0 unspecified atom stereocenters. The monoisotopic (exact) mass is 703 g/mol. The Morgan fingerprint density at radius 3 is 2.08 bits per heavy atom. The van der Waals surface area contributed by atoms with Crippen LogP contribution < -0.4 is 0 Å². The Hall–Kier alpha value is -3.59. The Morgan fingerprint density at radius 1 is 0.700 bits per heavy atom. The van der Waals surface area contributed by atoms with E-state index in [1.807, 2.05) is 60.8 Å². The summed E-state index contributed by atoms with van der Waals surface area (Å²) in [5.41, 5.74) is 8.29. The Morgan fingerprint density at radius 2 is 1.45 bits per heavy atom. The fourth-order valence-corrected chi connectivity index (χ4v) is 4.61. The van der Waals surface area contributed by atoms with Gasteiger partial charge < -0.3 is 14.4 Å². The third-order valence-electron chi connectivity index (χ3n) is 6.80. The molecule has 0 aliphatic carbocycles. The second-order valence-corrected chi connectivity index (χ2v) is 11.8. The molecular weight excluding hydrogens is 669 g/mol. The Kier molecular flexibility index (Phi) is 8.73. The summed E-state index contributed by atoms with van der Waals surface area (Å²) in [7, 11) is 0. The molecule has 3 aromatic carbocycles. The largest absolute Gasteiger partial charge is 0.501 e. The number of benzene rings is 3. The summed E-state index contributed by atoms with van der Waals surface area (Å²) in [4.78, 5) is 8.95. The molecule has 0 bridgehead atoms. The average molecular weight is 703 g/mol. The SMILES string of the molecule is CC(C)(C)c1c[c-]c(-c2ccccn2)c2oc3ccccc3c12.CC(C)(C)c1ccc(-c2[c-]cccc2)nc1.[Ir]. The summed E-state index contributed by atoms with van der Waals surface area (Å²) in [5.74, 6) is 0. The van der Waals surface area contributed by atoms with Gasteiger partial charge in [-0.05, 0) is 39.9 Å². The number of hydrogen-bond acceptors (Lipinski definition) is 3. The maximum absolute atomic E-state index is 6.20. The van der Waals surface area contributed by atoms with Gasteiger partial charge in [0, 0.05) is 37.9 Å². The van der Waals surface area contributed by atoms with Crippen molar-refractivity contribution in [2.24, 2.45) is 0 Å². The van der Waals surface area contributed by atoms with Gasteiger partial charge in [0.1, 0.15) is 5.58 Å². The maximum atomic E-state index is 6.20. The van der Waals surface area contributed by atoms with Gasteiger partial charge in [0.25, 0.3) is 0 Å². The number of nitrogens with zero attached hydrogens (tertiary/aromatic N) is 2. The normalized spacial score (nSPS) is 11.6. The Bertz CT molecular complexity index is 1690. The first-order chi connectivity index (χ1) is 18.6. The minimum Gasteiger partial charge on any atom is -0.501 e. The van der Waals surface area contributed by atoms with E-state index in [0.29, 0.717) is 0 Å². The van der Waals surface area contributed by atoms with Gasteiger partial charge in [0.15, 0.2) is 0 Å². The number of aromatic nitrogens is 2. The molecule has 6 rings (SSSR count). The van der Waals surface area contributed by atoms with Gasteiger partial charge in [-0.1, -0.05) is 95.0 Å². The molecule has 0 saturated carbocycles. The van der Waals surface area contributed by atoms with E-state index in [4.69, 9.17) is 4.42 Å². The van der Waals surface area contributed by atoms with Crippen molar-refractivity contribution in [3.63, 3.8) is 0 Å². The Labute approximate surface area is 251 Å². The number of pyridine rings is 2. The van der Waals surface area contributed by atoms with Crippen LogP contribution in [-0.2, 0) is 30.9 Å². The average Bonchev–Trinajstić information content (AvgIpc) is 3.33. The van der Waals surface area contributed by atoms with E-state index in [2.05, 4.69) is 94.0 Å². The van der Waals surface area contributed by atoms with Crippen LogP contribution in [-0.4, -0.2) is 9.97 Å². The van der Waals surface area contributed by atoms with E-state index in [1.54, 1.807) is 6.20 Å². The predicted molar refractivity (Wildman–Crippen MR) is 162 cm³/mol. The minimum atomic E-state index is 0. The number of furan rings is 1. The molecule has 1 radical (unpaired) electrons. The molecule has 3 nitrogen and oxygen atoms in total. The van der Waals surface area contributed by atoms with Crippen LogP contribution in [0, 0.1) is 12.1 Å². The van der Waals surface area contributed by atoms with E-state index >= 15 is 0 Å². The van der Waals surface area contributed by atoms with Crippen LogP contribution in [0.5, 0.6) is 0 Å². The molecule has 0 atom stereocenters. The van der Waals surface area contributed by atoms with Crippen LogP contribution in [0.25, 0.3) is 44.5 Å². The van der Waals surface area contributed by atoms with Gasteiger partial charge >= 0.3 is 0 Å². The van der Waals surface area contributed by atoms with Crippen molar-refractivity contribution in [1.82, 2.24) is 9.97 Å². The molecule has 3 aromatic heterocycles. The summed E-state index contributed by atoms with van der Waals surface area (Å²) in [6.45, 7) is 13.2. The molecule has 0 aliphatic rings. The molecule has 0 aliphatic heterocycles. The minimum absolute atomic E-state index is 0. The Balaban J connectivity index is 0.000000192. The number of fused-ring (bicyclic) bond motifs is 3. The zero-order valence-corrected chi connectivity index (χ0v) is 26.3. The summed E-state index contributed by atoms with van der Waals surface area (Å²) in [5, 5.41) is 2.33. The topological polar surface area (TPSA) is 38.9 Å². The first kappa shape index (κ1) is 29.4. The third-order valence-corrected chi connectivity index (χ3v) is 6.80. The van der Waals surface area contributed by atoms with Crippen LogP contribution >= 0.6 is 0 Å². The number of para-hydroxylation sites is 1. The summed E-state index contributed by atoms with van der Waals surface area (Å²) < 4.78 is 6.20. The molecule has 0 saturated heterocycles. The molecule has 3 heterocycles. The van der Waals surface area contributed by atoms with Crippen molar-refractivity contribution >= 4 is 21.9 Å². The van der Waals surface area contributed by atoms with E-state index in [0.717, 1.165) is 39.1 Å². The zero-order chi connectivity index (χ0) is 27.6. The molecule has 0 spiro atoms. The van der Waals surface area contributed by atoms with Gasteiger partial charge in [-0.3, -0.25) is 0 Å². The second-order valence-electron chi connectivity index (χ2n) is 11.8. The molecule has 4 heteroatoms. The smallest absolute Gasteiger partial charge is 0.120 e. The molecule has 205 valence electrons. The van der Waals surface area contributed by atoms with Crippen molar-refractivity contribution in [2.45, 2.75) is 52.4 Å². The van der Waals surface area contributed by atoms with Crippen LogP contribution in [0.2, 0.25) is 0 Å². The molecule has 6 aromatic rings. The van der Waals surface area contributed by atoms with Gasteiger partial charge in [-0.25, -0.2) is 0 Å². The first-order valence-corrected chi connectivity index (χ1v) is 13.3. The van der Waals surface area contributed by atoms with Crippen molar-refractivity contribution in [3.8, 4) is 22.5 Å². The molecular formula is C36H34IrN2O-2. The number of hydrogen-bond donors (Lipinski definition) is 0. The molecule has 0 amide bonds. The third kappa shape index (κ3) is 6.25. The van der Waals surface area contributed by atoms with Crippen LogP contribution in [0.15, 0.2) is 102 Å². The summed E-state index contributed by atoms with van der Waals surface area (Å²) >= 11 is 0. The van der Waals surface area contributed by atoms with Crippen molar-refractivity contribution in [2.75, 3.05) is 0 Å². The van der Waals surface area contributed by atoms with Crippen LogP contribution in [0.3, 0.4) is 0 Å². The first-order valence-electron chi connectivity index (χ1n) is 13.3. The van der Waals surface area contributed by atoms with Crippen LogP contribution in [0.1, 0.15) is 52.7 Å². The van der Waals surface area contributed by atoms with E-state index < -0.39 is 0 Å². The fraction of sp³-hybridized carbons (Fsp3) is 0.222. The van der Waals surface area contributed by atoms with Crippen molar-refractivity contribution in [1.29, 1.82) is 0 Å². The van der Waals surface area contributed by atoms with E-state index in [1.165, 1.54) is 16.5 Å². The number of rotatable bonds is 2. The zero-order valence-electron chi connectivity index (χ0n) is 23.9. The van der Waals surface area contributed by atoms with E-state index in [9.17, 15) is 0 Å². The predicted octanol–water partition coefficient (Wildman–Crippen LogP) is 9.59. The van der Waals surface area contributed by atoms with Crippen molar-refractivity contribution < 1.29 is 24.5 Å². The van der Waals surface area contributed by atoms with Gasteiger partial charge in [-0.2, -0.15) is 0 Å². The summed E-state index contributed by atoms with van der Waals surface area (Å²) in [6, 6.07) is 34.9. The second kappa shape index (κ2) is 11.9. The van der Waals surface area contributed by atoms with Gasteiger partial charge in [0.2, 0.25) is 0 Å². The van der Waals surface area contributed by atoms with Crippen molar-refractivity contribution in [3.05, 3.63) is 121 Å². The van der Waals surface area contributed by atoms with Gasteiger partial charge in [-0.15, -0.1) is 53.6 Å². The maximum Gasteiger partial charge on any atom is 0.120 e. The standard InChI is InChI=1S/C21H18NO.C15H16N.Ir/c1-21(2,3)16-12-11-14(17-9-6-7-13-22-17)20-19(16)15-8-4-5-10-18(15)23-20;1-15(2,3)13-9-10-14(16-11-13)12-7-5-4-6-8-12;/h4-10,12-13H,1-3H3;4-7,9-11H,1-3H3;/q2*-1;.